The van der Waals surface area contributed by atoms with Crippen molar-refractivity contribution >= 4 is 90.9 Å². The number of carbonyl (C=O) groups is 3. The number of β-lactam (4-membered cyclic amide) rings is 1. The second-order valence-corrected chi connectivity index (χ2v) is 13.0. The number of fused-ring (bicyclic) bond motifs is 2. The number of carboxylic acid groups (broad SMARTS) is 2. The van der Waals surface area contributed by atoms with Crippen LogP contribution in [-0.4, -0.2) is 79.6 Å². The van der Waals surface area contributed by atoms with Crippen LogP contribution in [0.5, 0.6) is 0 Å². The Kier molecular flexibility index (Phi) is 10.6. The first-order valence-electron chi connectivity index (χ1n) is 11.8. The van der Waals surface area contributed by atoms with Gasteiger partial charge in [-0.1, -0.05) is 5.16 Å². The summed E-state index contributed by atoms with van der Waals surface area (Å²) in [6.45, 7) is 0. The predicted molar refractivity (Wildman–Crippen MR) is 155 cm³/mol. The number of aliphatic carboxylic acids is 1. The Hall–Kier alpha value is -3.14. The summed E-state index contributed by atoms with van der Waals surface area (Å²) in [4.78, 5) is 63.5. The molecule has 2 aliphatic heterocycles. The fourth-order valence-corrected chi connectivity index (χ4v) is 8.73. The van der Waals surface area contributed by atoms with E-state index in [-0.39, 0.29) is 67.4 Å². The molecule has 21 heteroatoms. The maximum Gasteiger partial charge on any atom is 1.00 e. The van der Waals surface area contributed by atoms with E-state index in [1.165, 1.54) is 12.5 Å². The Morgan fingerprint density at radius 3 is 2.56 bits per heavy atom. The predicted octanol–water partition coefficient (Wildman–Crippen LogP) is -1.06. The van der Waals surface area contributed by atoms with Crippen molar-refractivity contribution in [2.45, 2.75) is 15.6 Å². The molecule has 1 saturated heterocycles. The molecule has 1 aromatic carbocycles. The molecule has 4 N–H and O–H groups in total. The second kappa shape index (κ2) is 13.7. The molecule has 4 heterocycles. The molecule has 13 nitrogen and oxygen atoms in total. The van der Waals surface area contributed by atoms with Crippen LogP contribution >= 0.6 is 46.2 Å². The van der Waals surface area contributed by atoms with E-state index in [0.717, 1.165) is 28.0 Å². The zero-order valence-corrected chi connectivity index (χ0v) is 28.0. The molecular weight excluding hydrogens is 695 g/mol. The van der Waals surface area contributed by atoms with E-state index in [1.807, 2.05) is 0 Å². The maximum atomic E-state index is 14.5. The van der Waals surface area contributed by atoms with Gasteiger partial charge < -0.3 is 25.9 Å². The van der Waals surface area contributed by atoms with Crippen LogP contribution in [0, 0.1) is 17.5 Å². The minimum absolute atomic E-state index is 0. The summed E-state index contributed by atoms with van der Waals surface area (Å²) in [6, 6.07) is -0.856. The van der Waals surface area contributed by atoms with Crippen LogP contribution in [0.2, 0.25) is 0 Å². The monoisotopic (exact) mass is 709 g/mol. The molecule has 1 fully saturated rings. The van der Waals surface area contributed by atoms with Gasteiger partial charge in [0.2, 0.25) is 5.43 Å². The number of oxime groups is 1. The number of hydrogen-bond donors (Lipinski definition) is 3. The van der Waals surface area contributed by atoms with Gasteiger partial charge in [0.05, 0.1) is 8.91 Å². The number of amides is 1. The van der Waals surface area contributed by atoms with Gasteiger partial charge in [-0.2, -0.15) is 0 Å². The number of aliphatic imine (C=N–C) groups is 1. The summed E-state index contributed by atoms with van der Waals surface area (Å²) in [5, 5.41) is 36.1. The number of nitrogens with two attached hydrogens (primary N) is 1. The Morgan fingerprint density at radius 2 is 1.96 bits per heavy atom. The number of rotatable bonds is 9. The van der Waals surface area contributed by atoms with Gasteiger partial charge in [0.25, 0.3) is 5.91 Å². The molecule has 0 radical (unpaired) electrons. The number of aromatic carboxylic acids is 1. The van der Waals surface area contributed by atoms with Crippen molar-refractivity contribution < 1.29 is 77.3 Å². The van der Waals surface area contributed by atoms with Gasteiger partial charge in [-0.05, 0) is 11.6 Å². The molecule has 2 aromatic heterocycles. The molecule has 2 aliphatic rings. The van der Waals surface area contributed by atoms with Crippen molar-refractivity contribution in [3.8, 4) is 0 Å². The number of carbonyl (C=O) groups excluding carboxylic acids is 1. The molecule has 2 atom stereocenters. The van der Waals surface area contributed by atoms with Gasteiger partial charge in [-0.15, -0.1) is 46.2 Å². The van der Waals surface area contributed by atoms with Gasteiger partial charge in [0, 0.05) is 28.2 Å². The van der Waals surface area contributed by atoms with Gasteiger partial charge in [0.15, 0.2) is 28.6 Å². The Labute approximate surface area is 288 Å². The number of benzene rings is 1. The summed E-state index contributed by atoms with van der Waals surface area (Å²) < 4.78 is 41.2. The van der Waals surface area contributed by atoms with E-state index in [1.54, 1.807) is 0 Å². The van der Waals surface area contributed by atoms with Crippen LogP contribution in [0.1, 0.15) is 16.1 Å². The largest absolute Gasteiger partial charge is 1.00 e. The van der Waals surface area contributed by atoms with Gasteiger partial charge in [-0.25, -0.2) is 27.7 Å². The smallest absolute Gasteiger partial charge is 0.857 e. The summed E-state index contributed by atoms with van der Waals surface area (Å²) in [7, 11) is 1.18. The van der Waals surface area contributed by atoms with E-state index in [0.29, 0.717) is 29.2 Å². The number of halogens is 3. The molecule has 0 unspecified atom stereocenters. The molecule has 0 spiro atoms. The van der Waals surface area contributed by atoms with E-state index in [4.69, 9.17) is 5.73 Å². The molecule has 0 saturated carbocycles. The topological polar surface area (TPSA) is 208 Å². The number of hydrogen-bond acceptors (Lipinski definition) is 14. The number of thiazole rings is 1. The number of nitrogen functional groups attached to an aromatic ring is 1. The van der Waals surface area contributed by atoms with Gasteiger partial charge >= 0.3 is 41.5 Å². The minimum Gasteiger partial charge on any atom is -0.857 e. The molecule has 1 amide bonds. The molecule has 45 heavy (non-hydrogen) atoms. The van der Waals surface area contributed by atoms with Crippen molar-refractivity contribution in [2.24, 2.45) is 10.1 Å². The molecule has 0 bridgehead atoms. The first-order valence-corrected chi connectivity index (χ1v) is 15.6. The average molecular weight is 710 g/mol. The Bertz CT molecular complexity index is 1920. The van der Waals surface area contributed by atoms with E-state index >= 15 is 0 Å². The van der Waals surface area contributed by atoms with E-state index in [9.17, 15) is 47.7 Å². The van der Waals surface area contributed by atoms with Gasteiger partial charge in [0.1, 0.15) is 35.1 Å². The normalized spacial score (nSPS) is 18.4. The second-order valence-electron chi connectivity index (χ2n) is 8.79. The fraction of sp³-hybridized carbons (Fsp3) is 0.208. The third kappa shape index (κ3) is 6.31. The van der Waals surface area contributed by atoms with Crippen molar-refractivity contribution in [1.29, 1.82) is 0 Å². The Morgan fingerprint density at radius 1 is 1.24 bits per heavy atom. The first-order chi connectivity index (χ1) is 20.8. The third-order valence-corrected chi connectivity index (χ3v) is 10.8. The number of anilines is 1. The summed E-state index contributed by atoms with van der Waals surface area (Å²) in [5.41, 5.74) is 2.98. The molecule has 3 aromatic rings. The number of nitrogens with zero attached hydrogens (tertiary/aromatic N) is 4. The van der Waals surface area contributed by atoms with Crippen molar-refractivity contribution in [3.63, 3.8) is 0 Å². The number of aromatic nitrogens is 1. The van der Waals surface area contributed by atoms with Crippen LogP contribution in [-0.2, 0) is 14.4 Å². The van der Waals surface area contributed by atoms with Crippen LogP contribution in [0.25, 0.3) is 10.1 Å². The van der Waals surface area contributed by atoms with Crippen molar-refractivity contribution in [3.05, 3.63) is 61.6 Å². The molecule has 5 rings (SSSR count). The molecular formula is C24H15F3N5NaO8S4. The first kappa shape index (κ1) is 34.7. The zero-order valence-electron chi connectivity index (χ0n) is 22.7. The summed E-state index contributed by atoms with van der Waals surface area (Å²) >= 11 is 3.15. The zero-order chi connectivity index (χ0) is 32.0. The van der Waals surface area contributed by atoms with E-state index < -0.39 is 79.4 Å². The standard InChI is InChI=1S/C24H16F3N5O8S4.Na/c1-40-31-13(9-5-43-24(28)29-9)18(34)30-14-19(35)32-15(22(38)39)6(3-41-20(14)32)4-42-23-10(21(36)37)16(33)7-2-8(25)11(26)12(27)17(7)44-23;/h2,5,14,20H,3-4H2,1H3,(H2,28,29)(H,30,34)(H,36,37)(H,38,39);/q;+1/p-1/b31-13+;/t14-,20-;/m1./s1. The third-order valence-electron chi connectivity index (χ3n) is 6.21. The maximum absolute atomic E-state index is 14.5. The van der Waals surface area contributed by atoms with Crippen LogP contribution < -0.4 is 45.8 Å². The molecule has 230 valence electrons. The van der Waals surface area contributed by atoms with Crippen LogP contribution in [0.3, 0.4) is 0 Å². The quantitative estimate of drug-likeness (QED) is 0.0463. The summed E-state index contributed by atoms with van der Waals surface area (Å²) in [6.07, 6.45) is 0. The fourth-order valence-electron chi connectivity index (χ4n) is 4.29. The SMILES string of the molecule is CO/N=C(/C([O-])=N[C@@H]1C(=O)N2C(C(=O)O)=C(CSc3sc4c(F)c(F)c(F)cc4c(=O)c3C(=O)O)CS[C@H]12)c1csc(N)n1.[Na+]. The molecule has 0 aliphatic carbocycles. The van der Waals surface area contributed by atoms with Crippen LogP contribution in [0.15, 0.2) is 41.9 Å². The number of thioether (sulfide) groups is 2. The van der Waals surface area contributed by atoms with Crippen molar-refractivity contribution in [1.82, 2.24) is 9.88 Å². The average Bonchev–Trinajstić information content (AvgIpc) is 3.41. The van der Waals surface area contributed by atoms with Crippen LogP contribution in [0.4, 0.5) is 18.3 Å². The van der Waals surface area contributed by atoms with Crippen molar-refractivity contribution in [2.75, 3.05) is 24.3 Å². The Balaban J connectivity index is 0.00000461. The van der Waals surface area contributed by atoms with E-state index in [2.05, 4.69) is 20.0 Å². The number of carboxylic acids is 2. The minimum atomic E-state index is -1.84. The summed E-state index contributed by atoms with van der Waals surface area (Å²) in [5.74, 6) is -10.4. The van der Waals surface area contributed by atoms with Gasteiger partial charge in [-0.3, -0.25) is 19.5 Å².